The van der Waals surface area contributed by atoms with Crippen LogP contribution in [0.1, 0.15) is 16.1 Å². The van der Waals surface area contributed by atoms with Gasteiger partial charge in [0.25, 0.3) is 5.91 Å². The summed E-state index contributed by atoms with van der Waals surface area (Å²) in [5.41, 5.74) is -0.288. The van der Waals surface area contributed by atoms with E-state index in [1.54, 1.807) is 12.1 Å². The number of benzene rings is 2. The summed E-state index contributed by atoms with van der Waals surface area (Å²) in [4.78, 5) is 13.6. The largest absolute Gasteiger partial charge is 0.416 e. The summed E-state index contributed by atoms with van der Waals surface area (Å²) in [5.74, 6) is -0.0190. The number of nitrogens with zero attached hydrogens (tertiary/aromatic N) is 3. The first kappa shape index (κ1) is 23.3. The summed E-state index contributed by atoms with van der Waals surface area (Å²) in [6, 6.07) is 12.7. The zero-order chi connectivity index (χ0) is 23.8. The number of hydrogen-bond acceptors (Lipinski definition) is 5. The second kappa shape index (κ2) is 8.81. The number of carbonyl (C=O) groups excluding carboxylic acids is 1. The normalized spacial score (nSPS) is 15.6. The third-order valence-corrected chi connectivity index (χ3v) is 7.57. The van der Waals surface area contributed by atoms with Gasteiger partial charge in [-0.3, -0.25) is 4.79 Å². The van der Waals surface area contributed by atoms with Crippen LogP contribution in [-0.4, -0.2) is 54.9 Å². The number of carbonyl (C=O) groups is 1. The van der Waals surface area contributed by atoms with Crippen molar-refractivity contribution in [1.29, 1.82) is 0 Å². The molecule has 12 heteroatoms. The maximum absolute atomic E-state index is 13.0. The van der Waals surface area contributed by atoms with Crippen molar-refractivity contribution in [2.45, 2.75) is 11.1 Å². The maximum Gasteiger partial charge on any atom is 0.416 e. The van der Waals surface area contributed by atoms with E-state index in [4.69, 9.17) is 16.1 Å². The van der Waals surface area contributed by atoms with Crippen LogP contribution in [0.3, 0.4) is 0 Å². The molecule has 3 aromatic rings. The Hall–Kier alpha value is -2.89. The van der Waals surface area contributed by atoms with Gasteiger partial charge in [0.2, 0.25) is 10.0 Å². The maximum atomic E-state index is 13.0. The smallest absolute Gasteiger partial charge is 0.355 e. The Morgan fingerprint density at radius 3 is 2.30 bits per heavy atom. The Bertz CT molecular complexity index is 1270. The molecule has 0 unspecified atom stereocenters. The molecule has 0 saturated carbocycles. The van der Waals surface area contributed by atoms with Crippen LogP contribution in [0.25, 0.3) is 11.3 Å². The molecule has 0 radical (unpaired) electrons. The van der Waals surface area contributed by atoms with E-state index >= 15 is 0 Å². The fourth-order valence-electron chi connectivity index (χ4n) is 3.42. The van der Waals surface area contributed by atoms with E-state index in [1.807, 2.05) is 18.2 Å². The number of sulfonamides is 1. The second-order valence-corrected chi connectivity index (χ2v) is 9.60. The van der Waals surface area contributed by atoms with E-state index in [2.05, 4.69) is 5.16 Å². The third kappa shape index (κ3) is 4.75. The molecule has 4 rings (SSSR count). The highest BCUT2D eigenvalue weighted by atomic mass is 35.5. The second-order valence-electron chi connectivity index (χ2n) is 7.28. The van der Waals surface area contributed by atoms with Crippen LogP contribution in [0.15, 0.2) is 64.0 Å². The number of piperazine rings is 1. The van der Waals surface area contributed by atoms with Crippen molar-refractivity contribution in [3.05, 3.63) is 70.9 Å². The topological polar surface area (TPSA) is 83.7 Å². The van der Waals surface area contributed by atoms with Gasteiger partial charge in [0.05, 0.1) is 10.6 Å². The molecule has 7 nitrogen and oxygen atoms in total. The number of aromatic nitrogens is 1. The number of amides is 1. The Kier molecular flexibility index (Phi) is 6.21. The lowest BCUT2D eigenvalue weighted by Gasteiger charge is -2.33. The minimum atomic E-state index is -4.71. The lowest BCUT2D eigenvalue weighted by molar-refractivity contribution is -0.137. The minimum absolute atomic E-state index is 0.0299. The van der Waals surface area contributed by atoms with Gasteiger partial charge in [-0.1, -0.05) is 47.1 Å². The van der Waals surface area contributed by atoms with Gasteiger partial charge >= 0.3 is 6.18 Å². The molecule has 2 heterocycles. The van der Waals surface area contributed by atoms with Crippen molar-refractivity contribution in [2.75, 3.05) is 26.2 Å². The van der Waals surface area contributed by atoms with Crippen molar-refractivity contribution in [1.82, 2.24) is 14.4 Å². The number of halogens is 4. The van der Waals surface area contributed by atoms with Crippen molar-refractivity contribution in [3.63, 3.8) is 0 Å². The van der Waals surface area contributed by atoms with Crippen molar-refractivity contribution in [3.8, 4) is 11.3 Å². The summed E-state index contributed by atoms with van der Waals surface area (Å²) >= 11 is 5.91. The Labute approximate surface area is 192 Å². The van der Waals surface area contributed by atoms with E-state index in [0.29, 0.717) is 11.8 Å². The molecule has 1 fully saturated rings. The zero-order valence-corrected chi connectivity index (χ0v) is 18.5. The molecule has 1 aromatic heterocycles. The van der Waals surface area contributed by atoms with E-state index in [1.165, 1.54) is 11.0 Å². The lowest BCUT2D eigenvalue weighted by atomic mass is 10.1. The van der Waals surface area contributed by atoms with Gasteiger partial charge < -0.3 is 9.42 Å². The molecule has 0 spiro atoms. The van der Waals surface area contributed by atoms with Crippen molar-refractivity contribution in [2.24, 2.45) is 0 Å². The first-order valence-corrected chi connectivity index (χ1v) is 11.6. The van der Waals surface area contributed by atoms with E-state index in [-0.39, 0.29) is 36.9 Å². The molecule has 1 amide bonds. The van der Waals surface area contributed by atoms with Crippen molar-refractivity contribution < 1.29 is 30.9 Å². The molecule has 1 aliphatic heterocycles. The standard InChI is InChI=1S/C21H17ClF3N3O4S/c22-16-7-6-15(21(23,24)25)12-19(16)33(30,31)28-10-8-27(9-11-28)20(29)17-13-18(32-26-17)14-4-2-1-3-5-14/h1-7,12-13H,8-11H2. The van der Waals surface area contributed by atoms with E-state index in [0.717, 1.165) is 22.0 Å². The molecular formula is C21H17ClF3N3O4S. The van der Waals surface area contributed by atoms with Crippen LogP contribution in [0.5, 0.6) is 0 Å². The van der Waals surface area contributed by atoms with Gasteiger partial charge in [0, 0.05) is 37.8 Å². The van der Waals surface area contributed by atoms with Gasteiger partial charge in [0.1, 0.15) is 4.90 Å². The Morgan fingerprint density at radius 2 is 1.67 bits per heavy atom. The number of hydrogen-bond donors (Lipinski definition) is 0. The molecule has 33 heavy (non-hydrogen) atoms. The molecule has 0 N–H and O–H groups in total. The summed E-state index contributed by atoms with van der Waals surface area (Å²) in [7, 11) is -4.29. The van der Waals surface area contributed by atoms with Gasteiger partial charge in [-0.2, -0.15) is 17.5 Å². The summed E-state index contributed by atoms with van der Waals surface area (Å²) in [6.07, 6.45) is -4.71. The quantitative estimate of drug-likeness (QED) is 0.538. The van der Waals surface area contributed by atoms with Gasteiger partial charge in [-0.15, -0.1) is 0 Å². The highest BCUT2D eigenvalue weighted by Crippen LogP contribution is 2.34. The molecule has 2 aromatic carbocycles. The number of alkyl halides is 3. The minimum Gasteiger partial charge on any atom is -0.355 e. The predicted molar refractivity (Wildman–Crippen MR) is 113 cm³/mol. The van der Waals surface area contributed by atoms with E-state index < -0.39 is 32.6 Å². The predicted octanol–water partition coefficient (Wildman–Crippen LogP) is 4.16. The zero-order valence-electron chi connectivity index (χ0n) is 16.9. The molecule has 1 saturated heterocycles. The fourth-order valence-corrected chi connectivity index (χ4v) is 5.35. The fraction of sp³-hybridized carbons (Fsp3) is 0.238. The SMILES string of the molecule is O=C(c1cc(-c2ccccc2)on1)N1CCN(S(=O)(=O)c2cc(C(F)(F)F)ccc2Cl)CC1. The summed E-state index contributed by atoms with van der Waals surface area (Å²) in [5, 5.41) is 3.50. The van der Waals surface area contributed by atoms with Crippen molar-refractivity contribution >= 4 is 27.5 Å². The molecule has 174 valence electrons. The first-order valence-electron chi connectivity index (χ1n) is 9.75. The Balaban J connectivity index is 1.47. The molecule has 0 atom stereocenters. The van der Waals surface area contributed by atoms with Crippen LogP contribution in [0.2, 0.25) is 5.02 Å². The summed E-state index contributed by atoms with van der Waals surface area (Å²) in [6.45, 7) is -0.154. The Morgan fingerprint density at radius 1 is 1.00 bits per heavy atom. The van der Waals surface area contributed by atoms with Crippen LogP contribution in [-0.2, 0) is 16.2 Å². The van der Waals surface area contributed by atoms with Crippen LogP contribution >= 0.6 is 11.6 Å². The molecule has 0 aliphatic carbocycles. The third-order valence-electron chi connectivity index (χ3n) is 5.19. The average Bonchev–Trinajstić information content (AvgIpc) is 3.29. The molecular weight excluding hydrogens is 483 g/mol. The number of rotatable bonds is 4. The molecule has 1 aliphatic rings. The van der Waals surface area contributed by atoms with E-state index in [9.17, 15) is 26.4 Å². The lowest BCUT2D eigenvalue weighted by Crippen LogP contribution is -2.50. The van der Waals surface area contributed by atoms with Crippen LogP contribution in [0, 0.1) is 0 Å². The molecule has 0 bridgehead atoms. The highest BCUT2D eigenvalue weighted by molar-refractivity contribution is 7.89. The summed E-state index contributed by atoms with van der Waals surface area (Å²) < 4.78 is 71.2. The van der Waals surface area contributed by atoms with Crippen LogP contribution < -0.4 is 0 Å². The van der Waals surface area contributed by atoms with Gasteiger partial charge in [0.15, 0.2) is 11.5 Å². The van der Waals surface area contributed by atoms with Crippen LogP contribution in [0.4, 0.5) is 13.2 Å². The van der Waals surface area contributed by atoms with Gasteiger partial charge in [-0.05, 0) is 18.2 Å². The monoisotopic (exact) mass is 499 g/mol. The highest BCUT2D eigenvalue weighted by Gasteiger charge is 2.36. The first-order chi connectivity index (χ1) is 15.6. The van der Waals surface area contributed by atoms with Gasteiger partial charge in [-0.25, -0.2) is 8.42 Å². The average molecular weight is 500 g/mol.